The third-order valence-electron chi connectivity index (χ3n) is 5.39. The number of carbonyl (C=O) groups excluding carboxylic acids is 2. The summed E-state index contributed by atoms with van der Waals surface area (Å²) in [5.74, 6) is -0.544. The zero-order valence-electron chi connectivity index (χ0n) is 15.1. The molecule has 1 fully saturated rings. The van der Waals surface area contributed by atoms with Gasteiger partial charge in [-0.15, -0.1) is 0 Å². The van der Waals surface area contributed by atoms with Crippen LogP contribution in [0.15, 0.2) is 51.2 Å². The lowest BCUT2D eigenvalue weighted by atomic mass is 9.61. The van der Waals surface area contributed by atoms with Gasteiger partial charge in [-0.05, 0) is 18.6 Å². The van der Waals surface area contributed by atoms with E-state index in [0.29, 0.717) is 30.5 Å². The van der Waals surface area contributed by atoms with Crippen molar-refractivity contribution in [3.05, 3.63) is 58.0 Å². The molecule has 2 heterocycles. The SMILES string of the molecule is CC1(C)CC2(C=C(C#N)C1=O)CN(C(=O)c1cc3ccccc3oc1=O)C2. The number of fused-ring (bicyclic) bond motifs is 1. The molecular weight excluding hydrogens is 344 g/mol. The van der Waals surface area contributed by atoms with Gasteiger partial charge in [0.05, 0.1) is 5.57 Å². The highest BCUT2D eigenvalue weighted by molar-refractivity contribution is 6.04. The second-order valence-corrected chi connectivity index (χ2v) is 8.07. The summed E-state index contributed by atoms with van der Waals surface area (Å²) in [6.07, 6.45) is 2.27. The summed E-state index contributed by atoms with van der Waals surface area (Å²) >= 11 is 0. The molecule has 1 aliphatic carbocycles. The minimum absolute atomic E-state index is 0.000757. The number of allylic oxidation sites excluding steroid dienone is 1. The molecule has 1 aromatic carbocycles. The molecule has 0 atom stereocenters. The summed E-state index contributed by atoms with van der Waals surface area (Å²) in [5, 5.41) is 9.95. The van der Waals surface area contributed by atoms with Crippen LogP contribution in [0.25, 0.3) is 11.0 Å². The molecule has 0 radical (unpaired) electrons. The average molecular weight is 362 g/mol. The molecule has 136 valence electrons. The van der Waals surface area contributed by atoms with Crippen molar-refractivity contribution in [2.45, 2.75) is 20.3 Å². The molecule has 1 saturated heterocycles. The predicted molar refractivity (Wildman–Crippen MR) is 97.9 cm³/mol. The number of Topliss-reactive ketones (excluding diaryl/α,β-unsaturated/α-hetero) is 1. The van der Waals surface area contributed by atoms with E-state index in [9.17, 15) is 19.6 Å². The summed E-state index contributed by atoms with van der Waals surface area (Å²) in [5.41, 5.74) is -1.10. The second-order valence-electron chi connectivity index (χ2n) is 8.07. The lowest BCUT2D eigenvalue weighted by Gasteiger charge is -2.53. The van der Waals surface area contributed by atoms with Gasteiger partial charge in [0, 0.05) is 29.3 Å². The first kappa shape index (κ1) is 17.2. The van der Waals surface area contributed by atoms with E-state index >= 15 is 0 Å². The van der Waals surface area contributed by atoms with Crippen molar-refractivity contribution in [2.24, 2.45) is 10.8 Å². The van der Waals surface area contributed by atoms with Gasteiger partial charge >= 0.3 is 5.63 Å². The van der Waals surface area contributed by atoms with Crippen molar-refractivity contribution in [2.75, 3.05) is 13.1 Å². The highest BCUT2D eigenvalue weighted by Crippen LogP contribution is 2.48. The standard InChI is InChI=1S/C21H18N2O4/c1-20(2)10-21(8-14(9-22)17(20)24)11-23(12-21)18(25)15-7-13-5-3-4-6-16(13)27-19(15)26/h3-8H,10-12H2,1-2H3. The fourth-order valence-corrected chi connectivity index (χ4v) is 4.27. The van der Waals surface area contributed by atoms with Gasteiger partial charge < -0.3 is 9.32 Å². The lowest BCUT2D eigenvalue weighted by Crippen LogP contribution is -2.61. The Balaban J connectivity index is 1.62. The van der Waals surface area contributed by atoms with Crippen LogP contribution in [0.1, 0.15) is 30.6 Å². The van der Waals surface area contributed by atoms with Gasteiger partial charge in [0.15, 0.2) is 5.78 Å². The minimum Gasteiger partial charge on any atom is -0.422 e. The highest BCUT2D eigenvalue weighted by atomic mass is 16.4. The number of hydrogen-bond acceptors (Lipinski definition) is 5. The van der Waals surface area contributed by atoms with E-state index in [-0.39, 0.29) is 22.8 Å². The normalized spacial score (nSPS) is 20.1. The summed E-state index contributed by atoms with van der Waals surface area (Å²) in [4.78, 5) is 38.9. The number of amides is 1. The van der Waals surface area contributed by atoms with Crippen molar-refractivity contribution >= 4 is 22.7 Å². The maximum absolute atomic E-state index is 12.8. The Morgan fingerprint density at radius 3 is 2.63 bits per heavy atom. The Labute approximate surface area is 155 Å². The van der Waals surface area contributed by atoms with Gasteiger partial charge in [0.25, 0.3) is 5.91 Å². The van der Waals surface area contributed by atoms with Crippen LogP contribution < -0.4 is 5.63 Å². The van der Waals surface area contributed by atoms with Crippen LogP contribution in [0.3, 0.4) is 0 Å². The summed E-state index contributed by atoms with van der Waals surface area (Å²) in [6, 6.07) is 10.6. The number of rotatable bonds is 1. The fourth-order valence-electron chi connectivity index (χ4n) is 4.27. The number of carbonyl (C=O) groups is 2. The molecule has 27 heavy (non-hydrogen) atoms. The van der Waals surface area contributed by atoms with Crippen molar-refractivity contribution in [3.8, 4) is 6.07 Å². The van der Waals surface area contributed by atoms with E-state index in [2.05, 4.69) is 0 Å². The number of para-hydroxylation sites is 1. The molecule has 0 saturated carbocycles. The maximum Gasteiger partial charge on any atom is 0.349 e. The Kier molecular flexibility index (Phi) is 3.60. The zero-order valence-corrected chi connectivity index (χ0v) is 15.1. The minimum atomic E-state index is -0.660. The lowest BCUT2D eigenvalue weighted by molar-refractivity contribution is -0.127. The monoisotopic (exact) mass is 362 g/mol. The van der Waals surface area contributed by atoms with Gasteiger partial charge in [0.2, 0.25) is 0 Å². The second kappa shape index (κ2) is 5.65. The molecule has 0 bridgehead atoms. The topological polar surface area (TPSA) is 91.4 Å². The van der Waals surface area contributed by atoms with Crippen LogP contribution in [0.2, 0.25) is 0 Å². The highest BCUT2D eigenvalue weighted by Gasteiger charge is 2.52. The first-order valence-corrected chi connectivity index (χ1v) is 8.75. The zero-order chi connectivity index (χ0) is 19.4. The molecule has 2 aliphatic rings. The summed E-state index contributed by atoms with van der Waals surface area (Å²) in [6.45, 7) is 4.40. The van der Waals surface area contributed by atoms with E-state index in [1.165, 1.54) is 0 Å². The number of ketones is 1. The van der Waals surface area contributed by atoms with Crippen molar-refractivity contribution in [1.29, 1.82) is 5.26 Å². The Morgan fingerprint density at radius 1 is 1.22 bits per heavy atom. The Morgan fingerprint density at radius 2 is 1.93 bits per heavy atom. The van der Waals surface area contributed by atoms with E-state index < -0.39 is 16.5 Å². The van der Waals surface area contributed by atoms with Gasteiger partial charge in [0.1, 0.15) is 17.2 Å². The van der Waals surface area contributed by atoms with Gasteiger partial charge in [-0.1, -0.05) is 38.1 Å². The summed E-state index contributed by atoms with van der Waals surface area (Å²) in [7, 11) is 0. The molecule has 1 spiro atoms. The predicted octanol–water partition coefficient (Wildman–Crippen LogP) is 2.68. The molecule has 0 N–H and O–H groups in total. The number of likely N-dealkylation sites (tertiary alicyclic amines) is 1. The van der Waals surface area contributed by atoms with Crippen LogP contribution >= 0.6 is 0 Å². The number of benzene rings is 1. The Hall–Kier alpha value is -3.20. The molecule has 4 rings (SSSR count). The smallest absolute Gasteiger partial charge is 0.349 e. The van der Waals surface area contributed by atoms with E-state index in [1.807, 2.05) is 26.0 Å². The molecule has 6 nitrogen and oxygen atoms in total. The fraction of sp³-hybridized carbons (Fsp3) is 0.333. The summed E-state index contributed by atoms with van der Waals surface area (Å²) < 4.78 is 5.25. The first-order chi connectivity index (χ1) is 12.7. The third-order valence-corrected chi connectivity index (χ3v) is 5.39. The van der Waals surface area contributed by atoms with Crippen LogP contribution in [-0.4, -0.2) is 29.7 Å². The van der Waals surface area contributed by atoms with Gasteiger partial charge in [-0.25, -0.2) is 4.79 Å². The van der Waals surface area contributed by atoms with E-state index in [4.69, 9.17) is 4.42 Å². The quantitative estimate of drug-likeness (QED) is 0.728. The molecule has 6 heteroatoms. The van der Waals surface area contributed by atoms with Crippen LogP contribution in [0.5, 0.6) is 0 Å². The largest absolute Gasteiger partial charge is 0.422 e. The first-order valence-electron chi connectivity index (χ1n) is 8.75. The molecule has 1 aliphatic heterocycles. The van der Waals surface area contributed by atoms with E-state index in [1.54, 1.807) is 35.2 Å². The number of nitrogens with zero attached hydrogens (tertiary/aromatic N) is 2. The number of hydrogen-bond donors (Lipinski definition) is 0. The number of nitriles is 1. The molecule has 1 aromatic heterocycles. The molecular formula is C21H18N2O4. The molecule has 2 aromatic rings. The van der Waals surface area contributed by atoms with Crippen molar-refractivity contribution in [1.82, 2.24) is 4.90 Å². The van der Waals surface area contributed by atoms with Crippen molar-refractivity contribution in [3.63, 3.8) is 0 Å². The van der Waals surface area contributed by atoms with E-state index in [0.717, 1.165) is 0 Å². The Bertz CT molecular complexity index is 1110. The maximum atomic E-state index is 12.8. The van der Waals surface area contributed by atoms with Gasteiger partial charge in [-0.3, -0.25) is 9.59 Å². The van der Waals surface area contributed by atoms with Crippen LogP contribution in [-0.2, 0) is 4.79 Å². The van der Waals surface area contributed by atoms with Gasteiger partial charge in [-0.2, -0.15) is 5.26 Å². The van der Waals surface area contributed by atoms with Crippen molar-refractivity contribution < 1.29 is 14.0 Å². The average Bonchev–Trinajstić information content (AvgIpc) is 2.60. The van der Waals surface area contributed by atoms with Crippen LogP contribution in [0, 0.1) is 22.2 Å². The molecule has 0 unspecified atom stereocenters. The van der Waals surface area contributed by atoms with Crippen LogP contribution in [0.4, 0.5) is 0 Å². The molecule has 1 amide bonds. The third kappa shape index (κ3) is 2.67.